The SMILES string of the molecule is C#C.COc1ccc(C)cc1.Cc1c[nH]c2ccccc12. The van der Waals surface area contributed by atoms with Gasteiger partial charge in [0, 0.05) is 17.1 Å². The van der Waals surface area contributed by atoms with Crippen molar-refractivity contribution in [3.63, 3.8) is 0 Å². The van der Waals surface area contributed by atoms with E-state index in [2.05, 4.69) is 49.9 Å². The molecule has 1 aromatic heterocycles. The molecule has 2 heteroatoms. The Bertz CT molecular complexity index is 677. The highest BCUT2D eigenvalue weighted by atomic mass is 16.5. The van der Waals surface area contributed by atoms with Gasteiger partial charge in [0.05, 0.1) is 7.11 Å². The van der Waals surface area contributed by atoms with Crippen molar-refractivity contribution >= 4 is 10.9 Å². The van der Waals surface area contributed by atoms with Crippen molar-refractivity contribution in [2.45, 2.75) is 13.8 Å². The molecular weight excluding hydrogens is 258 g/mol. The molecule has 2 nitrogen and oxygen atoms in total. The summed E-state index contributed by atoms with van der Waals surface area (Å²) in [5.41, 5.74) is 3.80. The number of aromatic amines is 1. The number of benzene rings is 2. The standard InChI is InChI=1S/C9H9N.C8H10O.C2H2/c1-7-6-10-9-5-3-2-4-8(7)9;1-7-3-5-8(9-2)6-4-7;1-2/h2-6,10H,1H3;3-6H,1-2H3;1-2H. The minimum Gasteiger partial charge on any atom is -0.497 e. The second-order valence-electron chi connectivity index (χ2n) is 4.53. The first-order valence-electron chi connectivity index (χ1n) is 6.67. The molecule has 0 bridgehead atoms. The number of methoxy groups -OCH3 is 1. The second kappa shape index (κ2) is 8.50. The zero-order valence-electron chi connectivity index (χ0n) is 12.8. The molecule has 0 amide bonds. The van der Waals surface area contributed by atoms with Crippen LogP contribution in [0.15, 0.2) is 54.7 Å². The summed E-state index contributed by atoms with van der Waals surface area (Å²) in [5.74, 6) is 0.917. The van der Waals surface area contributed by atoms with Crippen LogP contribution in [0.1, 0.15) is 11.1 Å². The molecule has 0 saturated carbocycles. The van der Waals surface area contributed by atoms with Crippen LogP contribution in [0.25, 0.3) is 10.9 Å². The number of aromatic nitrogens is 1. The quantitative estimate of drug-likeness (QED) is 0.640. The van der Waals surface area contributed by atoms with Crippen molar-refractivity contribution in [2.75, 3.05) is 7.11 Å². The molecule has 1 N–H and O–H groups in total. The molecule has 2 aromatic carbocycles. The Morgan fingerprint density at radius 1 is 0.905 bits per heavy atom. The van der Waals surface area contributed by atoms with E-state index in [-0.39, 0.29) is 0 Å². The number of hydrogen-bond donors (Lipinski definition) is 1. The molecule has 3 aromatic rings. The molecule has 0 atom stereocenters. The minimum atomic E-state index is 0.917. The summed E-state index contributed by atoms with van der Waals surface area (Å²) in [6.45, 7) is 4.16. The summed E-state index contributed by atoms with van der Waals surface area (Å²) in [6.07, 6.45) is 10.0. The fourth-order valence-corrected chi connectivity index (χ4v) is 1.89. The summed E-state index contributed by atoms with van der Waals surface area (Å²) in [4.78, 5) is 3.19. The molecule has 108 valence electrons. The average molecular weight is 279 g/mol. The summed E-state index contributed by atoms with van der Waals surface area (Å²) in [7, 11) is 1.67. The molecule has 0 saturated heterocycles. The Morgan fingerprint density at radius 2 is 1.52 bits per heavy atom. The predicted molar refractivity (Wildman–Crippen MR) is 90.7 cm³/mol. The largest absolute Gasteiger partial charge is 0.497 e. The maximum atomic E-state index is 4.97. The highest BCUT2D eigenvalue weighted by Gasteiger charge is 1.94. The van der Waals surface area contributed by atoms with E-state index < -0.39 is 0 Å². The lowest BCUT2D eigenvalue weighted by molar-refractivity contribution is 0.414. The number of nitrogens with one attached hydrogen (secondary N) is 1. The molecule has 0 aliphatic carbocycles. The minimum absolute atomic E-state index is 0.917. The number of aryl methyl sites for hydroxylation is 2. The Labute approximate surface area is 126 Å². The van der Waals surface area contributed by atoms with E-state index in [1.807, 2.05) is 36.5 Å². The molecule has 3 rings (SSSR count). The summed E-state index contributed by atoms with van der Waals surface area (Å²) in [6, 6.07) is 16.3. The number of terminal acetylenes is 1. The third kappa shape index (κ3) is 4.74. The topological polar surface area (TPSA) is 25.0 Å². The average Bonchev–Trinajstić information content (AvgIpc) is 2.93. The van der Waals surface area contributed by atoms with Crippen molar-refractivity contribution in [2.24, 2.45) is 0 Å². The summed E-state index contributed by atoms with van der Waals surface area (Å²) >= 11 is 0. The zero-order chi connectivity index (χ0) is 15.7. The Morgan fingerprint density at radius 3 is 2.10 bits per heavy atom. The van der Waals surface area contributed by atoms with Crippen molar-refractivity contribution in [1.82, 2.24) is 4.98 Å². The smallest absolute Gasteiger partial charge is 0.118 e. The van der Waals surface area contributed by atoms with Gasteiger partial charge < -0.3 is 9.72 Å². The van der Waals surface area contributed by atoms with Crippen LogP contribution in [-0.4, -0.2) is 12.1 Å². The van der Waals surface area contributed by atoms with Gasteiger partial charge in [0.25, 0.3) is 0 Å². The summed E-state index contributed by atoms with van der Waals surface area (Å²) in [5, 5.41) is 1.32. The van der Waals surface area contributed by atoms with Crippen LogP contribution in [0.3, 0.4) is 0 Å². The highest BCUT2D eigenvalue weighted by molar-refractivity contribution is 5.82. The zero-order valence-corrected chi connectivity index (χ0v) is 12.8. The van der Waals surface area contributed by atoms with E-state index >= 15 is 0 Å². The number of H-pyrrole nitrogens is 1. The van der Waals surface area contributed by atoms with E-state index in [0.717, 1.165) is 5.75 Å². The number of para-hydroxylation sites is 1. The van der Waals surface area contributed by atoms with Crippen LogP contribution < -0.4 is 4.74 Å². The second-order valence-corrected chi connectivity index (χ2v) is 4.53. The number of rotatable bonds is 1. The molecule has 21 heavy (non-hydrogen) atoms. The van der Waals surface area contributed by atoms with Crippen LogP contribution in [0.2, 0.25) is 0 Å². The maximum Gasteiger partial charge on any atom is 0.118 e. The first-order valence-corrected chi connectivity index (χ1v) is 6.67. The monoisotopic (exact) mass is 279 g/mol. The molecule has 0 spiro atoms. The van der Waals surface area contributed by atoms with Gasteiger partial charge in [-0.2, -0.15) is 0 Å². The predicted octanol–water partition coefficient (Wildman–Crippen LogP) is 4.73. The number of hydrogen-bond acceptors (Lipinski definition) is 1. The normalized spacial score (nSPS) is 9.00. The van der Waals surface area contributed by atoms with Crippen molar-refractivity contribution < 1.29 is 4.74 Å². The van der Waals surface area contributed by atoms with Gasteiger partial charge in [-0.1, -0.05) is 35.9 Å². The Kier molecular flexibility index (Phi) is 6.63. The van der Waals surface area contributed by atoms with Gasteiger partial charge in [0.1, 0.15) is 5.75 Å². The summed E-state index contributed by atoms with van der Waals surface area (Å²) < 4.78 is 4.97. The van der Waals surface area contributed by atoms with Gasteiger partial charge in [-0.15, -0.1) is 12.8 Å². The van der Waals surface area contributed by atoms with E-state index in [9.17, 15) is 0 Å². The van der Waals surface area contributed by atoms with Gasteiger partial charge >= 0.3 is 0 Å². The first kappa shape index (κ1) is 16.4. The lowest BCUT2D eigenvalue weighted by atomic mass is 10.2. The van der Waals surface area contributed by atoms with Crippen LogP contribution in [0.5, 0.6) is 5.75 Å². The maximum absolute atomic E-state index is 4.97. The Balaban J connectivity index is 0.000000189. The van der Waals surface area contributed by atoms with E-state index in [0.29, 0.717) is 0 Å². The molecule has 1 heterocycles. The van der Waals surface area contributed by atoms with Crippen LogP contribution in [-0.2, 0) is 0 Å². The Hall–Kier alpha value is -2.66. The van der Waals surface area contributed by atoms with Crippen LogP contribution in [0.4, 0.5) is 0 Å². The van der Waals surface area contributed by atoms with E-state index in [1.165, 1.54) is 22.0 Å². The van der Waals surface area contributed by atoms with Crippen LogP contribution >= 0.6 is 0 Å². The van der Waals surface area contributed by atoms with Crippen molar-refractivity contribution in [3.05, 3.63) is 65.9 Å². The molecule has 0 aliphatic rings. The lowest BCUT2D eigenvalue weighted by Gasteiger charge is -1.97. The fourth-order valence-electron chi connectivity index (χ4n) is 1.89. The van der Waals surface area contributed by atoms with Gasteiger partial charge in [-0.3, -0.25) is 0 Å². The van der Waals surface area contributed by atoms with Gasteiger partial charge in [0.15, 0.2) is 0 Å². The van der Waals surface area contributed by atoms with Crippen LogP contribution in [0, 0.1) is 26.7 Å². The van der Waals surface area contributed by atoms with E-state index in [4.69, 9.17) is 4.74 Å². The molecule has 0 radical (unpaired) electrons. The number of fused-ring (bicyclic) bond motifs is 1. The molecular formula is C19H21NO. The lowest BCUT2D eigenvalue weighted by Crippen LogP contribution is -1.80. The van der Waals surface area contributed by atoms with Gasteiger partial charge in [-0.25, -0.2) is 0 Å². The van der Waals surface area contributed by atoms with Crippen molar-refractivity contribution in [1.29, 1.82) is 0 Å². The first-order chi connectivity index (χ1) is 10.2. The van der Waals surface area contributed by atoms with Gasteiger partial charge in [-0.05, 0) is 37.6 Å². The molecule has 0 fully saturated rings. The third-order valence-electron chi connectivity index (χ3n) is 3.05. The molecule has 0 aliphatic heterocycles. The fraction of sp³-hybridized carbons (Fsp3) is 0.158. The third-order valence-corrected chi connectivity index (χ3v) is 3.05. The highest BCUT2D eigenvalue weighted by Crippen LogP contribution is 2.15. The number of ether oxygens (including phenoxy) is 1. The van der Waals surface area contributed by atoms with Crippen molar-refractivity contribution in [3.8, 4) is 18.6 Å². The van der Waals surface area contributed by atoms with Gasteiger partial charge in [0.2, 0.25) is 0 Å². The van der Waals surface area contributed by atoms with E-state index in [1.54, 1.807) is 7.11 Å². The molecule has 0 unspecified atom stereocenters.